The molecule has 162 valence electrons. The van der Waals surface area contributed by atoms with E-state index in [0.717, 1.165) is 28.2 Å². The van der Waals surface area contributed by atoms with Gasteiger partial charge in [-0.2, -0.15) is 5.10 Å². The van der Waals surface area contributed by atoms with Gasteiger partial charge in [0.2, 0.25) is 5.91 Å². The normalized spacial score (nSPS) is 10.5. The van der Waals surface area contributed by atoms with Crippen LogP contribution in [0, 0.1) is 13.8 Å². The fraction of sp³-hybridized carbons (Fsp3) is 0.292. The largest absolute Gasteiger partial charge is 0.352 e. The van der Waals surface area contributed by atoms with E-state index in [1.165, 1.54) is 0 Å². The van der Waals surface area contributed by atoms with Crippen LogP contribution in [0.2, 0.25) is 0 Å². The first-order valence-electron chi connectivity index (χ1n) is 10.4. The van der Waals surface area contributed by atoms with Gasteiger partial charge in [0.05, 0.1) is 11.4 Å². The van der Waals surface area contributed by atoms with Crippen LogP contribution in [-0.2, 0) is 17.9 Å². The molecule has 0 aliphatic rings. The smallest absolute Gasteiger partial charge is 0.317 e. The van der Waals surface area contributed by atoms with E-state index in [1.807, 2.05) is 79.2 Å². The van der Waals surface area contributed by atoms with Gasteiger partial charge < -0.3 is 15.5 Å². The minimum Gasteiger partial charge on any atom is -0.352 e. The van der Waals surface area contributed by atoms with Crippen LogP contribution in [0.15, 0.2) is 60.7 Å². The van der Waals surface area contributed by atoms with Crippen molar-refractivity contribution >= 4 is 11.9 Å². The minimum atomic E-state index is -0.201. The molecule has 0 fully saturated rings. The molecule has 2 aromatic carbocycles. The second kappa shape index (κ2) is 10.4. The van der Waals surface area contributed by atoms with E-state index >= 15 is 0 Å². The second-order valence-electron chi connectivity index (χ2n) is 7.50. The summed E-state index contributed by atoms with van der Waals surface area (Å²) in [5.74, 6) is -0.114. The number of aryl methyl sites for hydroxylation is 1. The molecule has 2 N–H and O–H groups in total. The minimum absolute atomic E-state index is 0.114. The fourth-order valence-electron chi connectivity index (χ4n) is 3.37. The van der Waals surface area contributed by atoms with Crippen LogP contribution in [0.3, 0.4) is 0 Å². The van der Waals surface area contributed by atoms with E-state index in [2.05, 4.69) is 15.7 Å². The summed E-state index contributed by atoms with van der Waals surface area (Å²) in [6, 6.07) is 19.5. The lowest BCUT2D eigenvalue weighted by Crippen LogP contribution is -2.38. The van der Waals surface area contributed by atoms with Crippen molar-refractivity contribution in [2.45, 2.75) is 33.4 Å². The number of benzene rings is 2. The SMILES string of the molecule is Cc1nn(-c2ccccc2)c(C)c1CNC(=O)CCNC(=O)N(C)Cc1ccccc1. The first kappa shape index (κ1) is 22.1. The highest BCUT2D eigenvalue weighted by Crippen LogP contribution is 2.17. The summed E-state index contributed by atoms with van der Waals surface area (Å²) in [7, 11) is 1.73. The third-order valence-electron chi connectivity index (χ3n) is 5.14. The molecule has 3 aromatic rings. The number of carbonyl (C=O) groups is 2. The molecule has 7 heteroatoms. The van der Waals surface area contributed by atoms with Gasteiger partial charge in [-0.05, 0) is 31.5 Å². The van der Waals surface area contributed by atoms with Gasteiger partial charge in [-0.25, -0.2) is 9.48 Å². The van der Waals surface area contributed by atoms with E-state index in [-0.39, 0.29) is 24.9 Å². The molecule has 0 bridgehead atoms. The molecule has 1 heterocycles. The van der Waals surface area contributed by atoms with E-state index < -0.39 is 0 Å². The van der Waals surface area contributed by atoms with Gasteiger partial charge in [0, 0.05) is 44.4 Å². The number of hydrogen-bond acceptors (Lipinski definition) is 3. The second-order valence-corrected chi connectivity index (χ2v) is 7.50. The highest BCUT2D eigenvalue weighted by Gasteiger charge is 2.14. The fourth-order valence-corrected chi connectivity index (χ4v) is 3.37. The number of amides is 3. The number of nitrogens with zero attached hydrogens (tertiary/aromatic N) is 3. The predicted molar refractivity (Wildman–Crippen MR) is 121 cm³/mol. The Morgan fingerprint density at radius 2 is 1.61 bits per heavy atom. The van der Waals surface area contributed by atoms with Gasteiger partial charge in [0.25, 0.3) is 0 Å². The van der Waals surface area contributed by atoms with E-state index in [1.54, 1.807) is 11.9 Å². The lowest BCUT2D eigenvalue weighted by molar-refractivity contribution is -0.121. The Labute approximate surface area is 183 Å². The molecular weight excluding hydrogens is 390 g/mol. The summed E-state index contributed by atoms with van der Waals surface area (Å²) in [5, 5.41) is 10.3. The van der Waals surface area contributed by atoms with Crippen molar-refractivity contribution in [3.05, 3.63) is 83.2 Å². The molecule has 3 rings (SSSR count). The topological polar surface area (TPSA) is 79.3 Å². The van der Waals surface area contributed by atoms with Crippen molar-refractivity contribution in [3.8, 4) is 5.69 Å². The molecule has 0 aliphatic carbocycles. The maximum atomic E-state index is 12.3. The van der Waals surface area contributed by atoms with Crippen LogP contribution in [0.25, 0.3) is 5.69 Å². The molecule has 7 nitrogen and oxygen atoms in total. The van der Waals surface area contributed by atoms with E-state index in [0.29, 0.717) is 13.1 Å². The van der Waals surface area contributed by atoms with Crippen LogP contribution in [0.1, 0.15) is 28.9 Å². The van der Waals surface area contributed by atoms with Gasteiger partial charge in [0.15, 0.2) is 0 Å². The average Bonchev–Trinajstić information content (AvgIpc) is 3.06. The number of nitrogens with one attached hydrogen (secondary N) is 2. The van der Waals surface area contributed by atoms with Gasteiger partial charge >= 0.3 is 6.03 Å². The molecular formula is C24H29N5O2. The van der Waals surface area contributed by atoms with Crippen molar-refractivity contribution in [1.82, 2.24) is 25.3 Å². The summed E-state index contributed by atoms with van der Waals surface area (Å²) in [6.07, 6.45) is 0.218. The lowest BCUT2D eigenvalue weighted by atomic mass is 10.2. The Morgan fingerprint density at radius 1 is 0.968 bits per heavy atom. The standard InChI is InChI=1S/C24H29N5O2/c1-18-22(19(2)29(27-18)21-12-8-5-9-13-21)16-26-23(30)14-15-25-24(31)28(3)17-20-10-6-4-7-11-20/h4-13H,14-17H2,1-3H3,(H,25,31)(H,26,30). The van der Waals surface area contributed by atoms with Crippen LogP contribution in [-0.4, -0.2) is 40.2 Å². The zero-order chi connectivity index (χ0) is 22.2. The van der Waals surface area contributed by atoms with Gasteiger partial charge in [-0.15, -0.1) is 0 Å². The van der Waals surface area contributed by atoms with Gasteiger partial charge in [-0.3, -0.25) is 4.79 Å². The molecule has 3 amide bonds. The maximum absolute atomic E-state index is 12.3. The Morgan fingerprint density at radius 3 is 2.29 bits per heavy atom. The Kier molecular flexibility index (Phi) is 7.43. The molecule has 0 saturated carbocycles. The van der Waals surface area contributed by atoms with Crippen LogP contribution in [0.5, 0.6) is 0 Å². The molecule has 0 atom stereocenters. The Balaban J connectivity index is 1.44. The zero-order valence-electron chi connectivity index (χ0n) is 18.3. The molecule has 0 spiro atoms. The Hall–Kier alpha value is -3.61. The molecule has 0 unspecified atom stereocenters. The average molecular weight is 420 g/mol. The maximum Gasteiger partial charge on any atom is 0.317 e. The summed E-state index contributed by atoms with van der Waals surface area (Å²) in [4.78, 5) is 26.1. The van der Waals surface area contributed by atoms with Crippen molar-refractivity contribution in [1.29, 1.82) is 0 Å². The van der Waals surface area contributed by atoms with E-state index in [4.69, 9.17) is 0 Å². The number of aromatic nitrogens is 2. The molecule has 0 radical (unpaired) electrons. The number of hydrogen-bond donors (Lipinski definition) is 2. The monoisotopic (exact) mass is 419 g/mol. The number of urea groups is 1. The highest BCUT2D eigenvalue weighted by molar-refractivity contribution is 5.78. The van der Waals surface area contributed by atoms with Gasteiger partial charge in [0.1, 0.15) is 0 Å². The summed E-state index contributed by atoms with van der Waals surface area (Å²) >= 11 is 0. The van der Waals surface area contributed by atoms with Crippen molar-refractivity contribution < 1.29 is 9.59 Å². The quantitative estimate of drug-likeness (QED) is 0.588. The zero-order valence-corrected chi connectivity index (χ0v) is 18.3. The first-order valence-corrected chi connectivity index (χ1v) is 10.4. The molecule has 0 saturated heterocycles. The lowest BCUT2D eigenvalue weighted by Gasteiger charge is -2.18. The summed E-state index contributed by atoms with van der Waals surface area (Å²) in [5.41, 5.74) is 4.93. The van der Waals surface area contributed by atoms with Gasteiger partial charge in [-0.1, -0.05) is 48.5 Å². The van der Waals surface area contributed by atoms with Crippen LogP contribution in [0.4, 0.5) is 4.79 Å². The third kappa shape index (κ3) is 5.94. The molecule has 31 heavy (non-hydrogen) atoms. The highest BCUT2D eigenvalue weighted by atomic mass is 16.2. The predicted octanol–water partition coefficient (Wildman–Crippen LogP) is 3.34. The number of carbonyl (C=O) groups excluding carboxylic acids is 2. The number of rotatable bonds is 8. The van der Waals surface area contributed by atoms with Crippen molar-refractivity contribution in [3.63, 3.8) is 0 Å². The summed E-state index contributed by atoms with van der Waals surface area (Å²) in [6.45, 7) is 5.15. The Bertz CT molecular complexity index is 1020. The van der Waals surface area contributed by atoms with Crippen molar-refractivity contribution in [2.24, 2.45) is 0 Å². The van der Waals surface area contributed by atoms with E-state index in [9.17, 15) is 9.59 Å². The van der Waals surface area contributed by atoms with Crippen LogP contribution < -0.4 is 10.6 Å². The van der Waals surface area contributed by atoms with Crippen molar-refractivity contribution in [2.75, 3.05) is 13.6 Å². The molecule has 1 aromatic heterocycles. The molecule has 0 aliphatic heterocycles. The number of para-hydroxylation sites is 1. The van der Waals surface area contributed by atoms with Crippen LogP contribution >= 0.6 is 0 Å². The third-order valence-corrected chi connectivity index (χ3v) is 5.14. The summed E-state index contributed by atoms with van der Waals surface area (Å²) < 4.78 is 1.89. The first-order chi connectivity index (χ1) is 15.0.